The van der Waals surface area contributed by atoms with Gasteiger partial charge < -0.3 is 19.7 Å². The fourth-order valence-electron chi connectivity index (χ4n) is 2.58. The summed E-state index contributed by atoms with van der Waals surface area (Å²) in [5.74, 6) is 1.16. The van der Waals surface area contributed by atoms with E-state index in [-0.39, 0.29) is 18.2 Å². The number of ether oxygens (including phenoxy) is 2. The number of nitrogens with one attached hydrogen (secondary N) is 1. The molecule has 2 amide bonds. The van der Waals surface area contributed by atoms with Crippen molar-refractivity contribution in [3.05, 3.63) is 54.6 Å². The Labute approximate surface area is 160 Å². The normalized spacial score (nSPS) is 10.1. The highest BCUT2D eigenvalue weighted by Crippen LogP contribution is 2.27. The number of nitrogens with zero attached hydrogens (tertiary/aromatic N) is 1. The first kappa shape index (κ1) is 20.3. The minimum absolute atomic E-state index is 0.108. The Kier molecular flexibility index (Phi) is 8.16. The molecule has 144 valence electrons. The van der Waals surface area contributed by atoms with Crippen LogP contribution in [0, 0.1) is 0 Å². The van der Waals surface area contributed by atoms with Crippen molar-refractivity contribution in [3.8, 4) is 11.5 Å². The zero-order chi connectivity index (χ0) is 19.5. The summed E-state index contributed by atoms with van der Waals surface area (Å²) in [5, 5.41) is 2.82. The highest BCUT2D eigenvalue weighted by atomic mass is 16.5. The van der Waals surface area contributed by atoms with Gasteiger partial charge in [-0.05, 0) is 31.2 Å². The van der Waals surface area contributed by atoms with E-state index in [9.17, 15) is 9.59 Å². The molecule has 0 aliphatic rings. The second-order valence-electron chi connectivity index (χ2n) is 5.83. The van der Waals surface area contributed by atoms with Gasteiger partial charge in [0.15, 0.2) is 0 Å². The average Bonchev–Trinajstić information content (AvgIpc) is 2.67. The van der Waals surface area contributed by atoms with Crippen LogP contribution in [0.5, 0.6) is 11.5 Å². The third kappa shape index (κ3) is 6.66. The van der Waals surface area contributed by atoms with Crippen LogP contribution in [-0.2, 0) is 9.59 Å². The summed E-state index contributed by atoms with van der Waals surface area (Å²) in [6.07, 6.45) is 0.254. The van der Waals surface area contributed by atoms with Crippen molar-refractivity contribution in [3.63, 3.8) is 0 Å². The van der Waals surface area contributed by atoms with E-state index in [1.807, 2.05) is 61.5 Å². The van der Waals surface area contributed by atoms with Crippen molar-refractivity contribution >= 4 is 17.5 Å². The maximum absolute atomic E-state index is 12.0. The van der Waals surface area contributed by atoms with Gasteiger partial charge in [-0.15, -0.1) is 0 Å². The number of anilines is 1. The highest BCUT2D eigenvalue weighted by molar-refractivity contribution is 5.93. The molecule has 0 heterocycles. The van der Waals surface area contributed by atoms with Crippen LogP contribution in [0.3, 0.4) is 0 Å². The van der Waals surface area contributed by atoms with Gasteiger partial charge in [-0.3, -0.25) is 9.59 Å². The van der Waals surface area contributed by atoms with Gasteiger partial charge in [-0.1, -0.05) is 30.3 Å². The molecule has 0 aliphatic carbocycles. The summed E-state index contributed by atoms with van der Waals surface area (Å²) in [5.41, 5.74) is 0.702. The van der Waals surface area contributed by atoms with Crippen molar-refractivity contribution in [2.45, 2.75) is 20.3 Å². The summed E-state index contributed by atoms with van der Waals surface area (Å²) < 4.78 is 11.1. The zero-order valence-electron chi connectivity index (χ0n) is 15.8. The lowest BCUT2D eigenvalue weighted by atomic mass is 10.2. The van der Waals surface area contributed by atoms with Gasteiger partial charge in [0.2, 0.25) is 11.8 Å². The van der Waals surface area contributed by atoms with E-state index in [1.54, 1.807) is 4.90 Å². The highest BCUT2D eigenvalue weighted by Gasteiger charge is 2.16. The fourth-order valence-corrected chi connectivity index (χ4v) is 2.58. The second kappa shape index (κ2) is 10.9. The number of hydrogen-bond donors (Lipinski definition) is 1. The van der Waals surface area contributed by atoms with Gasteiger partial charge in [0.25, 0.3) is 0 Å². The second-order valence-corrected chi connectivity index (χ2v) is 5.83. The van der Waals surface area contributed by atoms with E-state index in [0.717, 1.165) is 5.75 Å². The largest absolute Gasteiger partial charge is 0.493 e. The molecule has 2 aromatic carbocycles. The quantitative estimate of drug-likeness (QED) is 0.698. The number of benzene rings is 2. The van der Waals surface area contributed by atoms with Crippen LogP contribution >= 0.6 is 0 Å². The minimum atomic E-state index is -0.118. The summed E-state index contributed by atoms with van der Waals surface area (Å²) in [7, 11) is 0. The molecule has 0 radical (unpaired) electrons. The number of amides is 2. The van der Waals surface area contributed by atoms with Crippen LogP contribution in [0.4, 0.5) is 5.69 Å². The molecule has 1 N–H and O–H groups in total. The maximum Gasteiger partial charge on any atom is 0.224 e. The Balaban J connectivity index is 1.81. The summed E-state index contributed by atoms with van der Waals surface area (Å²) in [4.78, 5) is 25.6. The van der Waals surface area contributed by atoms with E-state index >= 15 is 0 Å². The van der Waals surface area contributed by atoms with Crippen LogP contribution in [0.15, 0.2) is 54.6 Å². The monoisotopic (exact) mass is 370 g/mol. The molecule has 0 fully saturated rings. The van der Waals surface area contributed by atoms with Crippen molar-refractivity contribution in [1.82, 2.24) is 5.32 Å². The SMILES string of the molecule is CCOc1ccccc1N(CCNC(=O)CCOc1ccccc1)C(C)=O. The smallest absolute Gasteiger partial charge is 0.224 e. The van der Waals surface area contributed by atoms with Crippen LogP contribution < -0.4 is 19.7 Å². The number of hydrogen-bond acceptors (Lipinski definition) is 4. The average molecular weight is 370 g/mol. The van der Waals surface area contributed by atoms with Gasteiger partial charge in [0, 0.05) is 20.0 Å². The Morgan fingerprint density at radius 1 is 1.00 bits per heavy atom. The molecule has 0 atom stereocenters. The first-order valence-corrected chi connectivity index (χ1v) is 9.06. The molecule has 27 heavy (non-hydrogen) atoms. The molecule has 0 spiro atoms. The lowest BCUT2D eigenvalue weighted by Crippen LogP contribution is -2.38. The van der Waals surface area contributed by atoms with Gasteiger partial charge in [0.1, 0.15) is 11.5 Å². The Morgan fingerprint density at radius 2 is 1.70 bits per heavy atom. The first-order chi connectivity index (χ1) is 13.1. The van der Waals surface area contributed by atoms with Gasteiger partial charge in [0.05, 0.1) is 25.3 Å². The van der Waals surface area contributed by atoms with Crippen LogP contribution in [0.25, 0.3) is 0 Å². The lowest BCUT2D eigenvalue weighted by molar-refractivity contribution is -0.122. The van der Waals surface area contributed by atoms with Crippen LogP contribution in [0.2, 0.25) is 0 Å². The molecular weight excluding hydrogens is 344 g/mol. The molecule has 2 rings (SSSR count). The molecule has 0 bridgehead atoms. The molecule has 0 saturated heterocycles. The molecule has 0 aromatic heterocycles. The number of rotatable bonds is 10. The van der Waals surface area contributed by atoms with Crippen molar-refractivity contribution < 1.29 is 19.1 Å². The lowest BCUT2D eigenvalue weighted by Gasteiger charge is -2.23. The summed E-state index contributed by atoms with van der Waals surface area (Å²) in [6, 6.07) is 16.7. The Hall–Kier alpha value is -3.02. The predicted octanol–water partition coefficient (Wildman–Crippen LogP) is 3.02. The molecular formula is C21H26N2O4. The molecule has 0 aliphatic heterocycles. The number of carbonyl (C=O) groups excluding carboxylic acids is 2. The summed E-state index contributed by atoms with van der Waals surface area (Å²) >= 11 is 0. The van der Waals surface area contributed by atoms with Crippen LogP contribution in [0.1, 0.15) is 20.3 Å². The topological polar surface area (TPSA) is 67.9 Å². The molecule has 6 nitrogen and oxygen atoms in total. The fraction of sp³-hybridized carbons (Fsp3) is 0.333. The maximum atomic E-state index is 12.0. The standard InChI is InChI=1S/C21H26N2O4/c1-3-26-20-12-8-7-11-19(20)23(17(2)24)15-14-22-21(25)13-16-27-18-9-5-4-6-10-18/h4-12H,3,13-16H2,1-2H3,(H,22,25). The zero-order valence-corrected chi connectivity index (χ0v) is 15.8. The molecule has 0 unspecified atom stereocenters. The van der Waals surface area contributed by atoms with Gasteiger partial charge in [-0.25, -0.2) is 0 Å². The third-order valence-corrected chi connectivity index (χ3v) is 3.83. The first-order valence-electron chi connectivity index (χ1n) is 9.06. The Morgan fingerprint density at radius 3 is 2.41 bits per heavy atom. The minimum Gasteiger partial charge on any atom is -0.493 e. The van der Waals surface area contributed by atoms with E-state index < -0.39 is 0 Å². The molecule has 2 aromatic rings. The van der Waals surface area contributed by atoms with E-state index in [4.69, 9.17) is 9.47 Å². The van der Waals surface area contributed by atoms with E-state index in [1.165, 1.54) is 6.92 Å². The summed E-state index contributed by atoms with van der Waals surface area (Å²) in [6.45, 7) is 4.93. The molecule has 0 saturated carbocycles. The molecule has 6 heteroatoms. The van der Waals surface area contributed by atoms with Crippen molar-refractivity contribution in [2.24, 2.45) is 0 Å². The van der Waals surface area contributed by atoms with E-state index in [0.29, 0.717) is 37.7 Å². The van der Waals surface area contributed by atoms with Crippen LogP contribution in [-0.4, -0.2) is 38.1 Å². The third-order valence-electron chi connectivity index (χ3n) is 3.83. The van der Waals surface area contributed by atoms with Crippen molar-refractivity contribution in [2.75, 3.05) is 31.2 Å². The van der Waals surface area contributed by atoms with Crippen molar-refractivity contribution in [1.29, 1.82) is 0 Å². The number of para-hydroxylation sites is 3. The van der Waals surface area contributed by atoms with E-state index in [2.05, 4.69) is 5.32 Å². The number of carbonyl (C=O) groups is 2. The Bertz CT molecular complexity index is 734. The van der Waals surface area contributed by atoms with Gasteiger partial charge >= 0.3 is 0 Å². The van der Waals surface area contributed by atoms with Gasteiger partial charge in [-0.2, -0.15) is 0 Å². The predicted molar refractivity (Wildman–Crippen MR) is 105 cm³/mol.